The zero-order valence-corrected chi connectivity index (χ0v) is 9.37. The molecule has 0 amide bonds. The van der Waals surface area contributed by atoms with Crippen LogP contribution in [0.5, 0.6) is 0 Å². The Kier molecular flexibility index (Phi) is 3.39. The molecular formula is C13H20N2. The number of rotatable bonds is 2. The largest absolute Gasteiger partial charge is 0.326 e. The Hall–Kier alpha value is -0.860. The number of nitrogens with two attached hydrogens (primary N) is 1. The fourth-order valence-corrected chi connectivity index (χ4v) is 2.45. The van der Waals surface area contributed by atoms with Gasteiger partial charge in [0.25, 0.3) is 0 Å². The fourth-order valence-electron chi connectivity index (χ4n) is 2.45. The first-order chi connectivity index (χ1) is 7.31. The van der Waals surface area contributed by atoms with E-state index in [0.717, 1.165) is 6.54 Å². The summed E-state index contributed by atoms with van der Waals surface area (Å²) in [6.45, 7) is 4.08. The van der Waals surface area contributed by atoms with E-state index in [0.29, 0.717) is 18.5 Å². The van der Waals surface area contributed by atoms with E-state index >= 15 is 0 Å². The molecule has 2 rings (SSSR count). The molecule has 3 N–H and O–H groups in total. The molecule has 82 valence electrons. The molecule has 0 bridgehead atoms. The SMILES string of the molecule is CC1NCCCC1c1cccc(CN)c1. The van der Waals surface area contributed by atoms with Crippen LogP contribution in [0, 0.1) is 0 Å². The first-order valence-electron chi connectivity index (χ1n) is 5.83. The molecule has 0 radical (unpaired) electrons. The lowest BCUT2D eigenvalue weighted by Crippen LogP contribution is -2.37. The fraction of sp³-hybridized carbons (Fsp3) is 0.538. The average Bonchev–Trinajstić information content (AvgIpc) is 2.30. The van der Waals surface area contributed by atoms with E-state index in [1.807, 2.05) is 0 Å². The molecule has 0 saturated carbocycles. The van der Waals surface area contributed by atoms with Crippen molar-refractivity contribution < 1.29 is 0 Å². The summed E-state index contributed by atoms with van der Waals surface area (Å²) in [4.78, 5) is 0. The van der Waals surface area contributed by atoms with E-state index < -0.39 is 0 Å². The van der Waals surface area contributed by atoms with Crippen molar-refractivity contribution in [1.82, 2.24) is 5.32 Å². The summed E-state index contributed by atoms with van der Waals surface area (Å²) >= 11 is 0. The third kappa shape index (κ3) is 2.39. The van der Waals surface area contributed by atoms with Crippen LogP contribution in [0.1, 0.15) is 36.8 Å². The molecule has 2 atom stereocenters. The second-order valence-corrected chi connectivity index (χ2v) is 4.44. The smallest absolute Gasteiger partial charge is 0.0178 e. The van der Waals surface area contributed by atoms with Crippen LogP contribution in [-0.2, 0) is 6.54 Å². The van der Waals surface area contributed by atoms with Gasteiger partial charge in [-0.1, -0.05) is 24.3 Å². The molecule has 1 aromatic rings. The highest BCUT2D eigenvalue weighted by Crippen LogP contribution is 2.28. The van der Waals surface area contributed by atoms with Crippen molar-refractivity contribution in [1.29, 1.82) is 0 Å². The number of hydrogen-bond acceptors (Lipinski definition) is 2. The third-order valence-corrected chi connectivity index (χ3v) is 3.38. The van der Waals surface area contributed by atoms with Crippen molar-refractivity contribution in [3.63, 3.8) is 0 Å². The van der Waals surface area contributed by atoms with Gasteiger partial charge < -0.3 is 11.1 Å². The maximum Gasteiger partial charge on any atom is 0.0178 e. The van der Waals surface area contributed by atoms with Gasteiger partial charge in [-0.05, 0) is 43.4 Å². The minimum Gasteiger partial charge on any atom is -0.326 e. The second-order valence-electron chi connectivity index (χ2n) is 4.44. The maximum atomic E-state index is 5.67. The Morgan fingerprint density at radius 1 is 1.47 bits per heavy atom. The lowest BCUT2D eigenvalue weighted by atomic mass is 9.85. The average molecular weight is 204 g/mol. The van der Waals surface area contributed by atoms with Gasteiger partial charge in [0.15, 0.2) is 0 Å². The van der Waals surface area contributed by atoms with Gasteiger partial charge in [-0.2, -0.15) is 0 Å². The van der Waals surface area contributed by atoms with Crippen molar-refractivity contribution in [2.75, 3.05) is 6.54 Å². The van der Waals surface area contributed by atoms with Crippen LogP contribution >= 0.6 is 0 Å². The summed E-state index contributed by atoms with van der Waals surface area (Å²) in [5.41, 5.74) is 8.35. The van der Waals surface area contributed by atoms with Crippen LogP contribution in [0.25, 0.3) is 0 Å². The minimum absolute atomic E-state index is 0.590. The van der Waals surface area contributed by atoms with Gasteiger partial charge in [0.1, 0.15) is 0 Å². The Balaban J connectivity index is 2.19. The van der Waals surface area contributed by atoms with Gasteiger partial charge in [-0.3, -0.25) is 0 Å². The molecule has 1 saturated heterocycles. The highest BCUT2D eigenvalue weighted by molar-refractivity contribution is 5.27. The van der Waals surface area contributed by atoms with Crippen molar-refractivity contribution in [2.24, 2.45) is 5.73 Å². The number of piperidine rings is 1. The predicted octanol–water partition coefficient (Wildman–Crippen LogP) is 2.00. The molecule has 1 aliphatic heterocycles. The molecule has 2 heteroatoms. The molecule has 15 heavy (non-hydrogen) atoms. The van der Waals surface area contributed by atoms with Crippen LogP contribution in [0.2, 0.25) is 0 Å². The molecule has 0 spiro atoms. The van der Waals surface area contributed by atoms with Gasteiger partial charge in [-0.25, -0.2) is 0 Å². The monoisotopic (exact) mass is 204 g/mol. The molecule has 1 fully saturated rings. The zero-order valence-electron chi connectivity index (χ0n) is 9.37. The topological polar surface area (TPSA) is 38.0 Å². The Morgan fingerprint density at radius 2 is 2.33 bits per heavy atom. The normalized spacial score (nSPS) is 26.5. The summed E-state index contributed by atoms with van der Waals surface area (Å²) in [6, 6.07) is 9.30. The van der Waals surface area contributed by atoms with Crippen LogP contribution in [0.3, 0.4) is 0 Å². The number of hydrogen-bond donors (Lipinski definition) is 2. The third-order valence-electron chi connectivity index (χ3n) is 3.38. The first-order valence-corrected chi connectivity index (χ1v) is 5.83. The molecule has 0 aromatic heterocycles. The van der Waals surface area contributed by atoms with E-state index in [-0.39, 0.29) is 0 Å². The summed E-state index contributed by atoms with van der Waals surface area (Å²) < 4.78 is 0. The van der Waals surface area contributed by atoms with Crippen LogP contribution in [0.15, 0.2) is 24.3 Å². The lowest BCUT2D eigenvalue weighted by Gasteiger charge is -2.30. The molecule has 1 heterocycles. The van der Waals surface area contributed by atoms with Crippen molar-refractivity contribution in [3.05, 3.63) is 35.4 Å². The number of nitrogens with one attached hydrogen (secondary N) is 1. The Labute approximate surface area is 91.9 Å². The molecule has 1 aliphatic rings. The van der Waals surface area contributed by atoms with Gasteiger partial charge in [-0.15, -0.1) is 0 Å². The highest BCUT2D eigenvalue weighted by atomic mass is 14.9. The van der Waals surface area contributed by atoms with E-state index in [2.05, 4.69) is 36.5 Å². The van der Waals surface area contributed by atoms with E-state index in [9.17, 15) is 0 Å². The molecule has 1 aromatic carbocycles. The second kappa shape index (κ2) is 4.77. The van der Waals surface area contributed by atoms with Gasteiger partial charge in [0.2, 0.25) is 0 Å². The van der Waals surface area contributed by atoms with Gasteiger partial charge in [0.05, 0.1) is 0 Å². The lowest BCUT2D eigenvalue weighted by molar-refractivity contribution is 0.371. The quantitative estimate of drug-likeness (QED) is 0.773. The van der Waals surface area contributed by atoms with E-state index in [1.165, 1.54) is 24.0 Å². The molecular weight excluding hydrogens is 184 g/mol. The van der Waals surface area contributed by atoms with Crippen molar-refractivity contribution >= 4 is 0 Å². The molecule has 2 unspecified atom stereocenters. The molecule has 0 aliphatic carbocycles. The highest BCUT2D eigenvalue weighted by Gasteiger charge is 2.22. The van der Waals surface area contributed by atoms with Gasteiger partial charge >= 0.3 is 0 Å². The van der Waals surface area contributed by atoms with Crippen LogP contribution < -0.4 is 11.1 Å². The Bertz CT molecular complexity index is 322. The summed E-state index contributed by atoms with van der Waals surface area (Å²) in [5, 5.41) is 3.54. The zero-order chi connectivity index (χ0) is 10.7. The van der Waals surface area contributed by atoms with Crippen molar-refractivity contribution in [2.45, 2.75) is 38.3 Å². The van der Waals surface area contributed by atoms with Crippen molar-refractivity contribution in [3.8, 4) is 0 Å². The van der Waals surface area contributed by atoms with Gasteiger partial charge in [0, 0.05) is 12.6 Å². The van der Waals surface area contributed by atoms with E-state index in [4.69, 9.17) is 5.73 Å². The summed E-state index contributed by atoms with van der Waals surface area (Å²) in [7, 11) is 0. The molecule has 2 nitrogen and oxygen atoms in total. The van der Waals surface area contributed by atoms with Crippen LogP contribution in [0.4, 0.5) is 0 Å². The van der Waals surface area contributed by atoms with E-state index in [1.54, 1.807) is 0 Å². The maximum absolute atomic E-state index is 5.67. The minimum atomic E-state index is 0.590. The predicted molar refractivity (Wildman–Crippen MR) is 63.8 cm³/mol. The number of benzene rings is 1. The van der Waals surface area contributed by atoms with Crippen LogP contribution in [-0.4, -0.2) is 12.6 Å². The first kappa shape index (κ1) is 10.7. The Morgan fingerprint density at radius 3 is 3.07 bits per heavy atom. The standard InChI is InChI=1S/C13H20N2/c1-10-13(6-3-7-15-10)12-5-2-4-11(8-12)9-14/h2,4-5,8,10,13,15H,3,6-7,9,14H2,1H3. The summed E-state index contributed by atoms with van der Waals surface area (Å²) in [5.74, 6) is 0.658. The summed E-state index contributed by atoms with van der Waals surface area (Å²) in [6.07, 6.45) is 2.57.